The normalized spacial score (nSPS) is 10.9. The van der Waals surface area contributed by atoms with Gasteiger partial charge in [0.05, 0.1) is 11.1 Å². The lowest BCUT2D eigenvalue weighted by atomic mass is 10.3. The zero-order chi connectivity index (χ0) is 12.7. The molecule has 0 aliphatic heterocycles. The maximum absolute atomic E-state index is 9.87. The van der Waals surface area contributed by atoms with Crippen LogP contribution in [0.2, 0.25) is 0 Å². The fourth-order valence-corrected chi connectivity index (χ4v) is 1.96. The largest absolute Gasteiger partial charge is 0.506 e. The van der Waals surface area contributed by atoms with Crippen LogP contribution in [-0.4, -0.2) is 24.9 Å². The zero-order valence-electron chi connectivity index (χ0n) is 9.70. The van der Waals surface area contributed by atoms with E-state index >= 15 is 0 Å². The van der Waals surface area contributed by atoms with Gasteiger partial charge in [-0.3, -0.25) is 0 Å². The predicted molar refractivity (Wildman–Crippen MR) is 67.5 cm³/mol. The number of nitrogens with zero attached hydrogens (tertiary/aromatic N) is 4. The van der Waals surface area contributed by atoms with E-state index in [0.717, 1.165) is 5.69 Å². The van der Waals surface area contributed by atoms with Gasteiger partial charge < -0.3 is 10.8 Å². The molecule has 0 saturated carbocycles. The first-order valence-electron chi connectivity index (χ1n) is 5.42. The van der Waals surface area contributed by atoms with Gasteiger partial charge in [-0.2, -0.15) is 5.10 Å². The number of para-hydroxylation sites is 2. The number of fused-ring (bicyclic) bond motifs is 1. The molecule has 3 rings (SSSR count). The summed E-state index contributed by atoms with van der Waals surface area (Å²) in [5.74, 6) is 0.526. The molecule has 1 aromatic carbocycles. The highest BCUT2D eigenvalue weighted by molar-refractivity contribution is 5.89. The highest BCUT2D eigenvalue weighted by Gasteiger charge is 2.15. The van der Waals surface area contributed by atoms with Crippen LogP contribution in [0.1, 0.15) is 5.69 Å². The predicted octanol–water partition coefficient (Wildman–Crippen LogP) is 1.41. The fourth-order valence-electron chi connectivity index (χ4n) is 1.96. The summed E-state index contributed by atoms with van der Waals surface area (Å²) in [6.45, 7) is 1.83. The lowest BCUT2D eigenvalue weighted by Crippen LogP contribution is -1.99. The Morgan fingerprint density at radius 1 is 1.22 bits per heavy atom. The molecule has 3 N–H and O–H groups in total. The van der Waals surface area contributed by atoms with Gasteiger partial charge in [-0.05, 0) is 19.1 Å². The van der Waals surface area contributed by atoms with E-state index in [4.69, 9.17) is 5.73 Å². The van der Waals surface area contributed by atoms with Crippen LogP contribution in [0.4, 0.5) is 5.82 Å². The van der Waals surface area contributed by atoms with Crippen molar-refractivity contribution in [3.8, 4) is 11.4 Å². The topological polar surface area (TPSA) is 89.8 Å². The van der Waals surface area contributed by atoms with Gasteiger partial charge in [0, 0.05) is 0 Å². The molecule has 0 unspecified atom stereocenters. The number of benzene rings is 1. The summed E-state index contributed by atoms with van der Waals surface area (Å²) in [5.41, 5.74) is 7.70. The molecule has 0 atom stereocenters. The van der Waals surface area contributed by atoms with Crippen molar-refractivity contribution in [3.05, 3.63) is 36.3 Å². The third-order valence-corrected chi connectivity index (χ3v) is 2.78. The van der Waals surface area contributed by atoms with Crippen LogP contribution in [-0.2, 0) is 0 Å². The van der Waals surface area contributed by atoms with Crippen molar-refractivity contribution in [2.75, 3.05) is 5.73 Å². The van der Waals surface area contributed by atoms with E-state index in [0.29, 0.717) is 22.5 Å². The van der Waals surface area contributed by atoms with E-state index in [1.165, 1.54) is 6.33 Å². The fraction of sp³-hybridized carbons (Fsp3) is 0.0833. The molecule has 0 saturated heterocycles. The number of aromatic nitrogens is 4. The number of aromatic hydroxyl groups is 1. The Balaban J connectivity index is 2.38. The van der Waals surface area contributed by atoms with Crippen LogP contribution in [0.15, 0.2) is 30.6 Å². The van der Waals surface area contributed by atoms with Crippen molar-refractivity contribution in [1.82, 2.24) is 19.7 Å². The first-order valence-corrected chi connectivity index (χ1v) is 5.42. The molecule has 3 aromatic rings. The molecular formula is C12H11N5O. The quantitative estimate of drug-likeness (QED) is 0.672. The van der Waals surface area contributed by atoms with Gasteiger partial charge in [0.2, 0.25) is 0 Å². The minimum atomic E-state index is 0.138. The monoisotopic (exact) mass is 241 g/mol. The van der Waals surface area contributed by atoms with Gasteiger partial charge in [-0.25, -0.2) is 14.6 Å². The van der Waals surface area contributed by atoms with Crippen LogP contribution in [0.5, 0.6) is 5.75 Å². The van der Waals surface area contributed by atoms with Crippen LogP contribution in [0.25, 0.3) is 16.7 Å². The van der Waals surface area contributed by atoms with Crippen LogP contribution in [0, 0.1) is 6.92 Å². The molecule has 90 valence electrons. The summed E-state index contributed by atoms with van der Waals surface area (Å²) in [6, 6.07) is 6.94. The van der Waals surface area contributed by atoms with Gasteiger partial charge in [0.25, 0.3) is 0 Å². The number of phenolic OH excluding ortho intramolecular Hbond substituents is 1. The van der Waals surface area contributed by atoms with Crippen molar-refractivity contribution >= 4 is 16.9 Å². The summed E-state index contributed by atoms with van der Waals surface area (Å²) < 4.78 is 1.57. The number of aryl methyl sites for hydroxylation is 1. The van der Waals surface area contributed by atoms with Gasteiger partial charge >= 0.3 is 0 Å². The van der Waals surface area contributed by atoms with Crippen LogP contribution < -0.4 is 5.73 Å². The Morgan fingerprint density at radius 3 is 2.78 bits per heavy atom. The standard InChI is InChI=1S/C12H11N5O/c1-7-10-11(13)14-6-15-12(10)17(16-7)8-4-2-3-5-9(8)18/h2-6,18H,1H3,(H2,13,14,15). The molecule has 0 fully saturated rings. The lowest BCUT2D eigenvalue weighted by Gasteiger charge is -2.04. The lowest BCUT2D eigenvalue weighted by molar-refractivity contribution is 0.471. The number of nitrogens with two attached hydrogens (primary N) is 1. The SMILES string of the molecule is Cc1nn(-c2ccccc2O)c2ncnc(N)c12. The number of hydrogen-bond acceptors (Lipinski definition) is 5. The molecule has 18 heavy (non-hydrogen) atoms. The Kier molecular flexibility index (Phi) is 2.16. The molecular weight excluding hydrogens is 230 g/mol. The molecule has 0 amide bonds. The Hall–Kier alpha value is -2.63. The van der Waals surface area contributed by atoms with E-state index < -0.39 is 0 Å². The maximum Gasteiger partial charge on any atom is 0.168 e. The summed E-state index contributed by atoms with van der Waals surface area (Å²) >= 11 is 0. The smallest absolute Gasteiger partial charge is 0.168 e. The Morgan fingerprint density at radius 2 is 2.00 bits per heavy atom. The molecule has 6 heteroatoms. The highest BCUT2D eigenvalue weighted by Crippen LogP contribution is 2.27. The van der Waals surface area contributed by atoms with Gasteiger partial charge in [-0.1, -0.05) is 12.1 Å². The average Bonchev–Trinajstić information content (AvgIpc) is 2.69. The molecule has 0 radical (unpaired) electrons. The molecule has 2 aromatic heterocycles. The van der Waals surface area contributed by atoms with Crippen LogP contribution in [0.3, 0.4) is 0 Å². The molecule has 0 spiro atoms. The minimum absolute atomic E-state index is 0.138. The third-order valence-electron chi connectivity index (χ3n) is 2.78. The molecule has 0 aliphatic rings. The summed E-state index contributed by atoms with van der Waals surface area (Å²) in [6.07, 6.45) is 1.38. The molecule has 6 nitrogen and oxygen atoms in total. The number of hydrogen-bond donors (Lipinski definition) is 2. The number of phenols is 1. The minimum Gasteiger partial charge on any atom is -0.506 e. The highest BCUT2D eigenvalue weighted by atomic mass is 16.3. The second-order valence-corrected chi connectivity index (χ2v) is 3.94. The van der Waals surface area contributed by atoms with Gasteiger partial charge in [-0.15, -0.1) is 0 Å². The summed E-state index contributed by atoms with van der Waals surface area (Å²) in [7, 11) is 0. The van der Waals surface area contributed by atoms with E-state index in [9.17, 15) is 5.11 Å². The van der Waals surface area contributed by atoms with E-state index in [1.54, 1.807) is 22.9 Å². The Labute approximate surface area is 103 Å². The van der Waals surface area contributed by atoms with Crippen molar-refractivity contribution in [2.24, 2.45) is 0 Å². The van der Waals surface area contributed by atoms with Gasteiger partial charge in [0.15, 0.2) is 5.65 Å². The van der Waals surface area contributed by atoms with E-state index in [-0.39, 0.29) is 5.75 Å². The van der Waals surface area contributed by atoms with E-state index in [1.807, 2.05) is 13.0 Å². The molecule has 2 heterocycles. The summed E-state index contributed by atoms with van der Waals surface area (Å²) in [5, 5.41) is 14.9. The summed E-state index contributed by atoms with van der Waals surface area (Å²) in [4.78, 5) is 8.13. The van der Waals surface area contributed by atoms with Gasteiger partial charge in [0.1, 0.15) is 23.6 Å². The van der Waals surface area contributed by atoms with Crippen molar-refractivity contribution < 1.29 is 5.11 Å². The first-order chi connectivity index (χ1) is 8.68. The van der Waals surface area contributed by atoms with Crippen molar-refractivity contribution in [1.29, 1.82) is 0 Å². The maximum atomic E-state index is 9.87. The van der Waals surface area contributed by atoms with Crippen molar-refractivity contribution in [2.45, 2.75) is 6.92 Å². The number of rotatable bonds is 1. The average molecular weight is 241 g/mol. The first kappa shape index (κ1) is 10.5. The Bertz CT molecular complexity index is 734. The van der Waals surface area contributed by atoms with Crippen LogP contribution >= 0.6 is 0 Å². The van der Waals surface area contributed by atoms with E-state index in [2.05, 4.69) is 15.1 Å². The zero-order valence-corrected chi connectivity index (χ0v) is 9.70. The van der Waals surface area contributed by atoms with Crippen molar-refractivity contribution in [3.63, 3.8) is 0 Å². The molecule has 0 bridgehead atoms. The second kappa shape index (κ2) is 3.69. The third kappa shape index (κ3) is 1.39. The second-order valence-electron chi connectivity index (χ2n) is 3.94. The number of nitrogen functional groups attached to an aromatic ring is 1. The number of anilines is 1. The molecule has 0 aliphatic carbocycles.